The van der Waals surface area contributed by atoms with Gasteiger partial charge in [-0.3, -0.25) is 4.79 Å². The fraction of sp³-hybridized carbons (Fsp3) is 0.923. The molecule has 0 aliphatic carbocycles. The molecule has 0 aromatic carbocycles. The highest BCUT2D eigenvalue weighted by atomic mass is 16.5. The summed E-state index contributed by atoms with van der Waals surface area (Å²) in [5.74, 6) is 1.02. The van der Waals surface area contributed by atoms with Gasteiger partial charge in [0, 0.05) is 6.54 Å². The number of hydrogen-bond acceptors (Lipinski definition) is 4. The van der Waals surface area contributed by atoms with Crippen LogP contribution in [0.4, 0.5) is 0 Å². The van der Waals surface area contributed by atoms with Gasteiger partial charge in [0.25, 0.3) is 0 Å². The predicted molar refractivity (Wildman–Crippen MR) is 68.6 cm³/mol. The normalized spacial score (nSPS) is 20.5. The molecular formula is C13H26N2O2. The Morgan fingerprint density at radius 2 is 2.00 bits per heavy atom. The molecule has 0 aromatic rings. The standard InChI is InChI=1S/C13H26N2O2/c1-10(2)9-15-6-4-11(5-7-15)8-12(14)13(16)17-3/h10-12H,4-9,14H2,1-3H3. The number of methoxy groups -OCH3 is 1. The maximum atomic E-state index is 11.2. The molecule has 100 valence electrons. The van der Waals surface area contributed by atoms with Crippen molar-refractivity contribution in [3.8, 4) is 0 Å². The topological polar surface area (TPSA) is 55.6 Å². The minimum absolute atomic E-state index is 0.283. The minimum atomic E-state index is -0.443. The summed E-state index contributed by atoms with van der Waals surface area (Å²) in [5.41, 5.74) is 5.79. The molecule has 1 fully saturated rings. The van der Waals surface area contributed by atoms with Gasteiger partial charge in [-0.05, 0) is 44.2 Å². The van der Waals surface area contributed by atoms with E-state index in [0.29, 0.717) is 5.92 Å². The van der Waals surface area contributed by atoms with Crippen LogP contribution in [-0.4, -0.2) is 43.7 Å². The lowest BCUT2D eigenvalue weighted by molar-refractivity contribution is -0.142. The number of piperidine rings is 1. The lowest BCUT2D eigenvalue weighted by atomic mass is 9.90. The summed E-state index contributed by atoms with van der Waals surface area (Å²) in [7, 11) is 1.40. The summed E-state index contributed by atoms with van der Waals surface area (Å²) in [6, 6.07) is -0.443. The zero-order valence-corrected chi connectivity index (χ0v) is 11.3. The maximum Gasteiger partial charge on any atom is 0.322 e. The number of rotatable bonds is 5. The van der Waals surface area contributed by atoms with E-state index in [1.54, 1.807) is 0 Å². The first-order chi connectivity index (χ1) is 8.02. The number of nitrogens with two attached hydrogens (primary N) is 1. The maximum absolute atomic E-state index is 11.2. The third kappa shape index (κ3) is 5.04. The molecule has 0 aromatic heterocycles. The van der Waals surface area contributed by atoms with Crippen LogP contribution in [0, 0.1) is 11.8 Å². The first-order valence-electron chi connectivity index (χ1n) is 6.58. The number of ether oxygens (including phenoxy) is 1. The van der Waals surface area contributed by atoms with E-state index in [1.807, 2.05) is 0 Å². The smallest absolute Gasteiger partial charge is 0.322 e. The SMILES string of the molecule is COC(=O)C(N)CC1CCN(CC(C)C)CC1. The summed E-state index contributed by atoms with van der Waals surface area (Å²) in [4.78, 5) is 13.7. The lowest BCUT2D eigenvalue weighted by Gasteiger charge is -2.33. The number of carbonyl (C=O) groups excluding carboxylic acids is 1. The lowest BCUT2D eigenvalue weighted by Crippen LogP contribution is -2.39. The van der Waals surface area contributed by atoms with Crippen molar-refractivity contribution in [3.05, 3.63) is 0 Å². The van der Waals surface area contributed by atoms with Gasteiger partial charge in [0.15, 0.2) is 0 Å². The molecule has 4 heteroatoms. The van der Waals surface area contributed by atoms with Crippen LogP contribution in [0.3, 0.4) is 0 Å². The highest BCUT2D eigenvalue weighted by Crippen LogP contribution is 2.22. The van der Waals surface area contributed by atoms with E-state index >= 15 is 0 Å². The van der Waals surface area contributed by atoms with Gasteiger partial charge in [-0.15, -0.1) is 0 Å². The van der Waals surface area contributed by atoms with Crippen LogP contribution in [0.25, 0.3) is 0 Å². The van der Waals surface area contributed by atoms with E-state index in [0.717, 1.165) is 38.3 Å². The van der Waals surface area contributed by atoms with Crippen molar-refractivity contribution >= 4 is 5.97 Å². The quantitative estimate of drug-likeness (QED) is 0.737. The Morgan fingerprint density at radius 1 is 1.41 bits per heavy atom. The minimum Gasteiger partial charge on any atom is -0.468 e. The molecule has 2 N–H and O–H groups in total. The first kappa shape index (κ1) is 14.5. The van der Waals surface area contributed by atoms with Gasteiger partial charge >= 0.3 is 5.97 Å². The molecule has 1 heterocycles. The van der Waals surface area contributed by atoms with Gasteiger partial charge in [0.1, 0.15) is 6.04 Å². The molecule has 1 aliphatic rings. The van der Waals surface area contributed by atoms with E-state index < -0.39 is 6.04 Å². The van der Waals surface area contributed by atoms with Crippen LogP contribution in [0.2, 0.25) is 0 Å². The zero-order valence-electron chi connectivity index (χ0n) is 11.3. The van der Waals surface area contributed by atoms with Crippen molar-refractivity contribution < 1.29 is 9.53 Å². The second kappa shape index (κ2) is 6.97. The van der Waals surface area contributed by atoms with Gasteiger partial charge in [0.2, 0.25) is 0 Å². The van der Waals surface area contributed by atoms with Gasteiger partial charge in [-0.1, -0.05) is 13.8 Å². The Balaban J connectivity index is 2.25. The van der Waals surface area contributed by atoms with E-state index in [1.165, 1.54) is 13.7 Å². The fourth-order valence-electron chi connectivity index (χ4n) is 2.53. The van der Waals surface area contributed by atoms with Crippen molar-refractivity contribution in [2.24, 2.45) is 17.6 Å². The van der Waals surface area contributed by atoms with E-state index in [2.05, 4.69) is 23.5 Å². The molecule has 0 radical (unpaired) electrons. The highest BCUT2D eigenvalue weighted by Gasteiger charge is 2.24. The van der Waals surface area contributed by atoms with Crippen LogP contribution in [0.5, 0.6) is 0 Å². The molecule has 1 unspecified atom stereocenters. The third-order valence-electron chi connectivity index (χ3n) is 3.42. The third-order valence-corrected chi connectivity index (χ3v) is 3.42. The second-order valence-corrected chi connectivity index (χ2v) is 5.50. The molecule has 1 aliphatic heterocycles. The number of nitrogens with zero attached hydrogens (tertiary/aromatic N) is 1. The van der Waals surface area contributed by atoms with Crippen LogP contribution in [0.1, 0.15) is 33.1 Å². The number of hydrogen-bond donors (Lipinski definition) is 1. The van der Waals surface area contributed by atoms with E-state index in [4.69, 9.17) is 5.73 Å². The molecule has 0 amide bonds. The Kier molecular flexibility index (Phi) is 5.92. The molecule has 4 nitrogen and oxygen atoms in total. The average molecular weight is 242 g/mol. The van der Waals surface area contributed by atoms with Crippen molar-refractivity contribution in [1.82, 2.24) is 4.90 Å². The van der Waals surface area contributed by atoms with Gasteiger partial charge < -0.3 is 15.4 Å². The molecule has 17 heavy (non-hydrogen) atoms. The Bertz CT molecular complexity index is 236. The molecule has 1 saturated heterocycles. The van der Waals surface area contributed by atoms with Gasteiger partial charge in [-0.2, -0.15) is 0 Å². The number of carbonyl (C=O) groups is 1. The van der Waals surface area contributed by atoms with Gasteiger partial charge in [0.05, 0.1) is 7.11 Å². The summed E-state index contributed by atoms with van der Waals surface area (Å²) in [5, 5.41) is 0. The molecule has 0 saturated carbocycles. The summed E-state index contributed by atoms with van der Waals surface area (Å²) < 4.78 is 4.65. The van der Waals surface area contributed by atoms with Crippen molar-refractivity contribution in [1.29, 1.82) is 0 Å². The number of likely N-dealkylation sites (tertiary alicyclic amines) is 1. The largest absolute Gasteiger partial charge is 0.468 e. The first-order valence-corrected chi connectivity index (χ1v) is 6.58. The van der Waals surface area contributed by atoms with Crippen LogP contribution >= 0.6 is 0 Å². The second-order valence-electron chi connectivity index (χ2n) is 5.50. The molecule has 0 spiro atoms. The van der Waals surface area contributed by atoms with Gasteiger partial charge in [-0.25, -0.2) is 0 Å². The Hall–Kier alpha value is -0.610. The van der Waals surface area contributed by atoms with Crippen LogP contribution in [0.15, 0.2) is 0 Å². The molecule has 1 atom stereocenters. The van der Waals surface area contributed by atoms with E-state index in [9.17, 15) is 4.79 Å². The Morgan fingerprint density at radius 3 is 2.47 bits per heavy atom. The van der Waals surface area contributed by atoms with Crippen molar-refractivity contribution in [2.75, 3.05) is 26.7 Å². The molecule has 1 rings (SSSR count). The van der Waals surface area contributed by atoms with Crippen molar-refractivity contribution in [2.45, 2.75) is 39.2 Å². The average Bonchev–Trinajstić information content (AvgIpc) is 2.30. The number of esters is 1. The molecule has 0 bridgehead atoms. The summed E-state index contributed by atoms with van der Waals surface area (Å²) in [6.45, 7) is 7.95. The summed E-state index contributed by atoms with van der Waals surface area (Å²) in [6.07, 6.45) is 3.07. The zero-order chi connectivity index (χ0) is 12.8. The van der Waals surface area contributed by atoms with E-state index in [-0.39, 0.29) is 5.97 Å². The van der Waals surface area contributed by atoms with Crippen LogP contribution < -0.4 is 5.73 Å². The fourth-order valence-corrected chi connectivity index (χ4v) is 2.53. The predicted octanol–water partition coefficient (Wildman–Crippen LogP) is 1.24. The monoisotopic (exact) mass is 242 g/mol. The summed E-state index contributed by atoms with van der Waals surface area (Å²) >= 11 is 0. The van der Waals surface area contributed by atoms with Crippen LogP contribution in [-0.2, 0) is 9.53 Å². The molecular weight excluding hydrogens is 216 g/mol. The Labute approximate surface area is 104 Å². The van der Waals surface area contributed by atoms with Crippen molar-refractivity contribution in [3.63, 3.8) is 0 Å². The highest BCUT2D eigenvalue weighted by molar-refractivity contribution is 5.75.